The van der Waals surface area contributed by atoms with Crippen molar-refractivity contribution < 1.29 is 13.2 Å². The third kappa shape index (κ3) is 3.46. The molecule has 3 rings (SSSR count). The minimum atomic E-state index is -3.53. The van der Waals surface area contributed by atoms with E-state index in [9.17, 15) is 8.42 Å². The van der Waals surface area contributed by atoms with E-state index in [4.69, 9.17) is 4.74 Å². The Balaban J connectivity index is 1.91. The van der Waals surface area contributed by atoms with Gasteiger partial charge in [0.15, 0.2) is 0 Å². The SMILES string of the molecule is CCOCC1CN(S(=O)(=O)c2ccccc2)Cc2ccnn2C1. The van der Waals surface area contributed by atoms with Crippen molar-refractivity contribution in [1.29, 1.82) is 0 Å². The van der Waals surface area contributed by atoms with Crippen molar-refractivity contribution >= 4 is 10.0 Å². The van der Waals surface area contributed by atoms with Gasteiger partial charge < -0.3 is 4.74 Å². The molecular formula is C16H21N3O3S. The lowest BCUT2D eigenvalue weighted by molar-refractivity contribution is 0.0966. The van der Waals surface area contributed by atoms with Gasteiger partial charge in [-0.15, -0.1) is 0 Å². The van der Waals surface area contributed by atoms with E-state index in [1.165, 1.54) is 4.31 Å². The van der Waals surface area contributed by atoms with Gasteiger partial charge >= 0.3 is 0 Å². The van der Waals surface area contributed by atoms with Crippen LogP contribution >= 0.6 is 0 Å². The summed E-state index contributed by atoms with van der Waals surface area (Å²) in [5.41, 5.74) is 0.906. The molecule has 1 aliphatic heterocycles. The Kier molecular flexibility index (Phi) is 4.79. The predicted octanol–water partition coefficient (Wildman–Crippen LogP) is 1.74. The lowest BCUT2D eigenvalue weighted by Gasteiger charge is -2.23. The Labute approximate surface area is 136 Å². The molecule has 0 radical (unpaired) electrons. The maximum atomic E-state index is 12.9. The fourth-order valence-electron chi connectivity index (χ4n) is 2.81. The molecule has 6 nitrogen and oxygen atoms in total. The highest BCUT2D eigenvalue weighted by molar-refractivity contribution is 7.89. The van der Waals surface area contributed by atoms with Crippen LogP contribution in [0.2, 0.25) is 0 Å². The molecule has 0 aliphatic carbocycles. The highest BCUT2D eigenvalue weighted by Crippen LogP contribution is 2.23. The van der Waals surface area contributed by atoms with Crippen LogP contribution in [0.15, 0.2) is 47.5 Å². The summed E-state index contributed by atoms with van der Waals surface area (Å²) in [5.74, 6) is 0.0783. The molecule has 0 amide bonds. The number of ether oxygens (including phenoxy) is 1. The molecule has 0 spiro atoms. The monoisotopic (exact) mass is 335 g/mol. The Hall–Kier alpha value is -1.70. The molecule has 1 atom stereocenters. The van der Waals surface area contributed by atoms with E-state index in [0.717, 1.165) is 5.69 Å². The minimum absolute atomic E-state index is 0.0783. The van der Waals surface area contributed by atoms with Crippen molar-refractivity contribution in [2.24, 2.45) is 5.92 Å². The van der Waals surface area contributed by atoms with Gasteiger partial charge in [-0.1, -0.05) is 18.2 Å². The molecule has 0 N–H and O–H groups in total. The summed E-state index contributed by atoms with van der Waals surface area (Å²) in [6.45, 7) is 4.52. The normalized spacial score (nSPS) is 19.3. The molecule has 2 aromatic rings. The molecule has 2 heterocycles. The Bertz CT molecular complexity index is 743. The third-order valence-electron chi connectivity index (χ3n) is 3.97. The average molecular weight is 335 g/mol. The molecule has 0 fully saturated rings. The number of aromatic nitrogens is 2. The molecule has 7 heteroatoms. The summed E-state index contributed by atoms with van der Waals surface area (Å²) >= 11 is 0. The van der Waals surface area contributed by atoms with Crippen LogP contribution in [0.4, 0.5) is 0 Å². The van der Waals surface area contributed by atoms with Gasteiger partial charge in [0.25, 0.3) is 0 Å². The van der Waals surface area contributed by atoms with Crippen LogP contribution in [0.5, 0.6) is 0 Å². The summed E-state index contributed by atoms with van der Waals surface area (Å²) in [4.78, 5) is 0.322. The highest BCUT2D eigenvalue weighted by Gasteiger charge is 2.31. The van der Waals surface area contributed by atoms with E-state index < -0.39 is 10.0 Å². The van der Waals surface area contributed by atoms with Gasteiger partial charge in [0.05, 0.1) is 23.7 Å². The van der Waals surface area contributed by atoms with E-state index in [-0.39, 0.29) is 5.92 Å². The van der Waals surface area contributed by atoms with Gasteiger partial charge in [0.2, 0.25) is 10.0 Å². The maximum absolute atomic E-state index is 12.9. The van der Waals surface area contributed by atoms with E-state index in [1.54, 1.807) is 30.5 Å². The summed E-state index contributed by atoms with van der Waals surface area (Å²) in [6, 6.07) is 10.4. The van der Waals surface area contributed by atoms with Gasteiger partial charge in [0, 0.05) is 31.8 Å². The van der Waals surface area contributed by atoms with Gasteiger partial charge in [-0.3, -0.25) is 4.68 Å². The zero-order chi connectivity index (χ0) is 16.3. The van der Waals surface area contributed by atoms with Crippen molar-refractivity contribution in [1.82, 2.24) is 14.1 Å². The van der Waals surface area contributed by atoms with Crippen LogP contribution in [-0.4, -0.2) is 42.3 Å². The van der Waals surface area contributed by atoms with Crippen LogP contribution in [0.3, 0.4) is 0 Å². The van der Waals surface area contributed by atoms with Crippen LogP contribution in [-0.2, 0) is 27.8 Å². The van der Waals surface area contributed by atoms with Crippen LogP contribution in [0.1, 0.15) is 12.6 Å². The molecule has 0 bridgehead atoms. The maximum Gasteiger partial charge on any atom is 0.243 e. The first-order valence-corrected chi connectivity index (χ1v) is 9.19. The number of benzene rings is 1. The van der Waals surface area contributed by atoms with Crippen molar-refractivity contribution in [2.75, 3.05) is 19.8 Å². The molecule has 0 saturated heterocycles. The largest absolute Gasteiger partial charge is 0.381 e. The lowest BCUT2D eigenvalue weighted by Crippen LogP contribution is -2.35. The second-order valence-corrected chi connectivity index (χ2v) is 7.58. The molecule has 0 saturated carbocycles. The third-order valence-corrected chi connectivity index (χ3v) is 5.80. The van der Waals surface area contributed by atoms with Crippen LogP contribution in [0.25, 0.3) is 0 Å². The smallest absolute Gasteiger partial charge is 0.243 e. The summed E-state index contributed by atoms with van der Waals surface area (Å²) < 4.78 is 34.8. The molecule has 23 heavy (non-hydrogen) atoms. The number of sulfonamides is 1. The van der Waals surface area contributed by atoms with E-state index >= 15 is 0 Å². The van der Waals surface area contributed by atoms with Gasteiger partial charge in [0.1, 0.15) is 0 Å². The summed E-state index contributed by atoms with van der Waals surface area (Å²) in [7, 11) is -3.53. The first-order valence-electron chi connectivity index (χ1n) is 7.75. The fraction of sp³-hybridized carbons (Fsp3) is 0.438. The Morgan fingerprint density at radius 1 is 1.22 bits per heavy atom. The van der Waals surface area contributed by atoms with E-state index in [1.807, 2.05) is 23.7 Å². The number of hydrogen-bond donors (Lipinski definition) is 0. The highest BCUT2D eigenvalue weighted by atomic mass is 32.2. The number of nitrogens with zero attached hydrogens (tertiary/aromatic N) is 3. The van der Waals surface area contributed by atoms with E-state index in [0.29, 0.717) is 37.7 Å². The Morgan fingerprint density at radius 3 is 2.74 bits per heavy atom. The first kappa shape index (κ1) is 16.2. The lowest BCUT2D eigenvalue weighted by atomic mass is 10.1. The minimum Gasteiger partial charge on any atom is -0.381 e. The molecule has 124 valence electrons. The van der Waals surface area contributed by atoms with Gasteiger partial charge in [-0.2, -0.15) is 9.40 Å². The van der Waals surface area contributed by atoms with Crippen molar-refractivity contribution in [3.8, 4) is 0 Å². The molecule has 1 unspecified atom stereocenters. The topological polar surface area (TPSA) is 64.4 Å². The molecule has 1 aromatic heterocycles. The van der Waals surface area contributed by atoms with Crippen molar-refractivity contribution in [2.45, 2.75) is 24.9 Å². The second-order valence-electron chi connectivity index (χ2n) is 5.64. The van der Waals surface area contributed by atoms with Crippen molar-refractivity contribution in [3.05, 3.63) is 48.3 Å². The summed E-state index contributed by atoms with van der Waals surface area (Å²) in [6.07, 6.45) is 1.71. The number of hydrogen-bond acceptors (Lipinski definition) is 4. The average Bonchev–Trinajstić information content (AvgIpc) is 2.91. The van der Waals surface area contributed by atoms with Crippen molar-refractivity contribution in [3.63, 3.8) is 0 Å². The zero-order valence-electron chi connectivity index (χ0n) is 13.1. The first-order chi connectivity index (χ1) is 11.1. The fourth-order valence-corrected chi connectivity index (χ4v) is 4.32. The molecule has 1 aromatic carbocycles. The van der Waals surface area contributed by atoms with Crippen LogP contribution in [0, 0.1) is 5.92 Å². The molecular weight excluding hydrogens is 314 g/mol. The predicted molar refractivity (Wildman–Crippen MR) is 86.2 cm³/mol. The van der Waals surface area contributed by atoms with E-state index in [2.05, 4.69) is 5.10 Å². The van der Waals surface area contributed by atoms with Gasteiger partial charge in [-0.25, -0.2) is 8.42 Å². The van der Waals surface area contributed by atoms with Gasteiger partial charge in [-0.05, 0) is 25.1 Å². The molecule has 1 aliphatic rings. The number of rotatable bonds is 5. The Morgan fingerprint density at radius 2 is 2.00 bits per heavy atom. The number of fused-ring (bicyclic) bond motifs is 1. The zero-order valence-corrected chi connectivity index (χ0v) is 13.9. The summed E-state index contributed by atoms with van der Waals surface area (Å²) in [5, 5.41) is 4.30. The standard InChI is InChI=1S/C16H21N3O3S/c1-2-22-13-14-10-18(12-15-8-9-17-19(15)11-14)23(20,21)16-6-4-3-5-7-16/h3-9,14H,2,10-13H2,1H3. The second kappa shape index (κ2) is 6.82. The van der Waals surface area contributed by atoms with Crippen LogP contribution < -0.4 is 0 Å². The quantitative estimate of drug-likeness (QED) is 0.835.